The van der Waals surface area contributed by atoms with Gasteiger partial charge in [0, 0.05) is 43.8 Å². The predicted molar refractivity (Wildman–Crippen MR) is 124 cm³/mol. The molecule has 2 aliphatic rings. The van der Waals surface area contributed by atoms with Crippen LogP contribution in [0.2, 0.25) is 0 Å². The number of hydrogen-bond donors (Lipinski definition) is 2. The Labute approximate surface area is 185 Å². The lowest BCUT2D eigenvalue weighted by atomic mass is 9.87. The van der Waals surface area contributed by atoms with E-state index < -0.39 is 5.92 Å². The molecule has 1 saturated heterocycles. The normalized spacial score (nSPS) is 24.9. The maximum atomic E-state index is 12.9. The molecule has 2 aromatic carbocycles. The van der Waals surface area contributed by atoms with Crippen molar-refractivity contribution in [3.05, 3.63) is 66.2 Å². The molecule has 1 saturated carbocycles. The molecule has 2 aromatic rings. The van der Waals surface area contributed by atoms with Gasteiger partial charge in [0.25, 0.3) is 0 Å². The summed E-state index contributed by atoms with van der Waals surface area (Å²) in [6.07, 6.45) is 4.72. The topological polar surface area (TPSA) is 61.4 Å². The number of rotatable bonds is 6. The van der Waals surface area contributed by atoms with Crippen molar-refractivity contribution in [2.45, 2.75) is 57.2 Å². The fourth-order valence-corrected chi connectivity index (χ4v) is 4.79. The van der Waals surface area contributed by atoms with Gasteiger partial charge in [-0.1, -0.05) is 55.0 Å². The average molecular weight is 420 g/mol. The molecule has 164 valence electrons. The van der Waals surface area contributed by atoms with Gasteiger partial charge in [-0.3, -0.25) is 14.5 Å². The molecule has 0 spiro atoms. The summed E-state index contributed by atoms with van der Waals surface area (Å²) >= 11 is 0. The second kappa shape index (κ2) is 10.6. The van der Waals surface area contributed by atoms with Crippen LogP contribution in [-0.2, 0) is 16.1 Å². The minimum absolute atomic E-state index is 0.0639. The molecule has 1 aliphatic heterocycles. The zero-order valence-corrected chi connectivity index (χ0v) is 18.1. The van der Waals surface area contributed by atoms with E-state index in [0.29, 0.717) is 12.8 Å². The van der Waals surface area contributed by atoms with E-state index in [1.807, 2.05) is 24.3 Å². The highest BCUT2D eigenvalue weighted by Crippen LogP contribution is 2.24. The van der Waals surface area contributed by atoms with Crippen molar-refractivity contribution in [3.8, 4) is 0 Å². The van der Waals surface area contributed by atoms with Crippen molar-refractivity contribution in [3.63, 3.8) is 0 Å². The second-order valence-corrected chi connectivity index (χ2v) is 8.91. The van der Waals surface area contributed by atoms with E-state index in [4.69, 9.17) is 0 Å². The van der Waals surface area contributed by atoms with E-state index >= 15 is 0 Å². The summed E-state index contributed by atoms with van der Waals surface area (Å²) in [6, 6.07) is 21.0. The number of carbonyl (C=O) groups excluding carboxylic acids is 2. The number of ketones is 1. The van der Waals surface area contributed by atoms with E-state index in [-0.39, 0.29) is 23.8 Å². The first-order valence-electron chi connectivity index (χ1n) is 11.6. The third-order valence-corrected chi connectivity index (χ3v) is 6.50. The van der Waals surface area contributed by atoms with E-state index in [1.165, 1.54) is 5.56 Å². The Kier molecular flexibility index (Phi) is 7.36. The Morgan fingerprint density at radius 2 is 1.65 bits per heavy atom. The predicted octanol–water partition coefficient (Wildman–Crippen LogP) is 4.01. The molecule has 0 radical (unpaired) electrons. The highest BCUT2D eigenvalue weighted by atomic mass is 16.2. The number of likely N-dealkylation sites (tertiary alicyclic amines) is 1. The summed E-state index contributed by atoms with van der Waals surface area (Å²) < 4.78 is 0. The van der Waals surface area contributed by atoms with Crippen molar-refractivity contribution in [1.82, 2.24) is 10.2 Å². The highest BCUT2D eigenvalue weighted by molar-refractivity contribution is 6.01. The van der Waals surface area contributed by atoms with Crippen LogP contribution < -0.4 is 10.6 Å². The summed E-state index contributed by atoms with van der Waals surface area (Å²) in [5, 5.41) is 6.72. The van der Waals surface area contributed by atoms with Crippen LogP contribution in [0.3, 0.4) is 0 Å². The minimum atomic E-state index is -0.485. The number of nitrogens with zero attached hydrogens (tertiary/aromatic N) is 1. The van der Waals surface area contributed by atoms with Crippen LogP contribution in [-0.4, -0.2) is 41.8 Å². The molecule has 1 amide bonds. The average Bonchev–Trinajstić information content (AvgIpc) is 3.21. The van der Waals surface area contributed by atoms with Crippen molar-refractivity contribution >= 4 is 17.4 Å². The van der Waals surface area contributed by atoms with Gasteiger partial charge in [0.2, 0.25) is 5.91 Å². The molecule has 0 aromatic heterocycles. The fraction of sp³-hybridized carbons (Fsp3) is 0.462. The van der Waals surface area contributed by atoms with E-state index in [2.05, 4.69) is 51.9 Å². The molecule has 5 nitrogen and oxygen atoms in total. The zero-order valence-electron chi connectivity index (χ0n) is 18.1. The molecule has 1 heterocycles. The Morgan fingerprint density at radius 3 is 2.42 bits per heavy atom. The quantitative estimate of drug-likeness (QED) is 0.695. The number of carbonyl (C=O) groups is 2. The Balaban J connectivity index is 1.24. The second-order valence-electron chi connectivity index (χ2n) is 8.91. The fourth-order valence-electron chi connectivity index (χ4n) is 4.79. The number of hydrogen-bond acceptors (Lipinski definition) is 4. The first-order valence-corrected chi connectivity index (χ1v) is 11.6. The first kappa shape index (κ1) is 21.6. The van der Waals surface area contributed by atoms with Gasteiger partial charge in [-0.25, -0.2) is 0 Å². The van der Waals surface area contributed by atoms with Crippen LogP contribution in [0.1, 0.15) is 44.1 Å². The number of amides is 1. The van der Waals surface area contributed by atoms with Crippen LogP contribution in [0.15, 0.2) is 60.7 Å². The molecular weight excluding hydrogens is 386 g/mol. The van der Waals surface area contributed by atoms with Crippen molar-refractivity contribution in [1.29, 1.82) is 0 Å². The molecule has 3 atom stereocenters. The Bertz CT molecular complexity index is 855. The van der Waals surface area contributed by atoms with Crippen LogP contribution in [0.25, 0.3) is 0 Å². The molecular formula is C26H33N3O2. The summed E-state index contributed by atoms with van der Waals surface area (Å²) in [4.78, 5) is 28.1. The van der Waals surface area contributed by atoms with Gasteiger partial charge in [-0.05, 0) is 43.4 Å². The molecule has 3 unspecified atom stereocenters. The molecule has 2 fully saturated rings. The summed E-state index contributed by atoms with van der Waals surface area (Å²) in [5.41, 5.74) is 2.39. The SMILES string of the molecule is O=C1CCC(Nc2ccccc2)CCCC1C(=O)NC1CCN(Cc2ccccc2)C1. The van der Waals surface area contributed by atoms with Gasteiger partial charge in [-0.15, -0.1) is 0 Å². The molecule has 1 aliphatic carbocycles. The monoisotopic (exact) mass is 419 g/mol. The van der Waals surface area contributed by atoms with Gasteiger partial charge in [-0.2, -0.15) is 0 Å². The minimum Gasteiger partial charge on any atom is -0.382 e. The maximum absolute atomic E-state index is 12.9. The molecule has 31 heavy (non-hydrogen) atoms. The van der Waals surface area contributed by atoms with Gasteiger partial charge in [0.15, 0.2) is 0 Å². The maximum Gasteiger partial charge on any atom is 0.230 e. The van der Waals surface area contributed by atoms with Crippen molar-refractivity contribution < 1.29 is 9.59 Å². The summed E-state index contributed by atoms with van der Waals surface area (Å²) in [6.45, 7) is 2.74. The van der Waals surface area contributed by atoms with E-state index in [9.17, 15) is 9.59 Å². The van der Waals surface area contributed by atoms with Crippen molar-refractivity contribution in [2.24, 2.45) is 5.92 Å². The zero-order chi connectivity index (χ0) is 21.5. The largest absolute Gasteiger partial charge is 0.382 e. The lowest BCUT2D eigenvalue weighted by Gasteiger charge is -2.26. The lowest BCUT2D eigenvalue weighted by Crippen LogP contribution is -2.43. The Morgan fingerprint density at radius 1 is 0.903 bits per heavy atom. The van der Waals surface area contributed by atoms with Gasteiger partial charge < -0.3 is 10.6 Å². The van der Waals surface area contributed by atoms with E-state index in [1.54, 1.807) is 0 Å². The lowest BCUT2D eigenvalue weighted by molar-refractivity contribution is -0.135. The molecule has 4 rings (SSSR count). The van der Waals surface area contributed by atoms with Gasteiger partial charge in [0.05, 0.1) is 5.92 Å². The molecule has 2 N–H and O–H groups in total. The third-order valence-electron chi connectivity index (χ3n) is 6.50. The summed E-state index contributed by atoms with van der Waals surface area (Å²) in [7, 11) is 0. The number of Topliss-reactive ketones (excluding diaryl/α,β-unsaturated/α-hetero) is 1. The Hall–Kier alpha value is -2.66. The van der Waals surface area contributed by atoms with Crippen molar-refractivity contribution in [2.75, 3.05) is 18.4 Å². The number of para-hydroxylation sites is 1. The molecule has 5 heteroatoms. The first-order chi connectivity index (χ1) is 15.2. The molecule has 0 bridgehead atoms. The third kappa shape index (κ3) is 6.17. The van der Waals surface area contributed by atoms with Crippen LogP contribution >= 0.6 is 0 Å². The number of nitrogens with one attached hydrogen (secondary N) is 2. The standard InChI is InChI=1S/C26H33N3O2/c30-25-15-14-22(27-21-10-5-2-6-11-21)12-7-13-24(25)26(31)28-23-16-17-29(19-23)18-20-8-3-1-4-9-20/h1-6,8-11,22-24,27H,7,12-19H2,(H,28,31). The number of benzene rings is 2. The van der Waals surface area contributed by atoms with Crippen LogP contribution in [0.5, 0.6) is 0 Å². The number of anilines is 1. The summed E-state index contributed by atoms with van der Waals surface area (Å²) in [5.74, 6) is -0.455. The van der Waals surface area contributed by atoms with Crippen LogP contribution in [0.4, 0.5) is 5.69 Å². The highest BCUT2D eigenvalue weighted by Gasteiger charge is 2.32. The van der Waals surface area contributed by atoms with Gasteiger partial charge >= 0.3 is 0 Å². The smallest absolute Gasteiger partial charge is 0.230 e. The van der Waals surface area contributed by atoms with E-state index in [0.717, 1.165) is 51.0 Å². The van der Waals surface area contributed by atoms with Gasteiger partial charge in [0.1, 0.15) is 5.78 Å². The van der Waals surface area contributed by atoms with Crippen LogP contribution in [0, 0.1) is 5.92 Å².